The van der Waals surface area contributed by atoms with Crippen LogP contribution in [-0.2, 0) is 11.3 Å². The molecular weight excluding hydrogens is 230 g/mol. The van der Waals surface area contributed by atoms with E-state index >= 15 is 0 Å². The van der Waals surface area contributed by atoms with Gasteiger partial charge in [-0.1, -0.05) is 0 Å². The van der Waals surface area contributed by atoms with Gasteiger partial charge in [0.1, 0.15) is 12.4 Å². The van der Waals surface area contributed by atoms with Crippen LogP contribution in [0.15, 0.2) is 12.3 Å². The van der Waals surface area contributed by atoms with E-state index in [9.17, 15) is 4.79 Å². The number of anilines is 1. The zero-order valence-corrected chi connectivity index (χ0v) is 11.5. The summed E-state index contributed by atoms with van der Waals surface area (Å²) in [7, 11) is 4.06. The lowest BCUT2D eigenvalue weighted by Gasteiger charge is -2.21. The van der Waals surface area contributed by atoms with E-state index in [-0.39, 0.29) is 12.5 Å². The molecule has 0 aliphatic rings. The van der Waals surface area contributed by atoms with Crippen molar-refractivity contribution in [2.45, 2.75) is 19.9 Å². The van der Waals surface area contributed by atoms with Gasteiger partial charge in [0.2, 0.25) is 5.91 Å². The maximum absolute atomic E-state index is 12.0. The summed E-state index contributed by atoms with van der Waals surface area (Å²) in [6.07, 6.45) is 2.70. The van der Waals surface area contributed by atoms with Gasteiger partial charge in [-0.15, -0.1) is 0 Å². The van der Waals surface area contributed by atoms with Crippen LogP contribution in [0, 0.1) is 0 Å². The van der Waals surface area contributed by atoms with Gasteiger partial charge >= 0.3 is 0 Å². The summed E-state index contributed by atoms with van der Waals surface area (Å²) in [6.45, 7) is 4.74. The number of likely N-dealkylation sites (N-methyl/N-ethyl adjacent to an activating group) is 1. The van der Waals surface area contributed by atoms with Crippen molar-refractivity contribution in [3.63, 3.8) is 0 Å². The smallest absolute Gasteiger partial charge is 0.244 e. The Kier molecular flexibility index (Phi) is 5.64. The summed E-state index contributed by atoms with van der Waals surface area (Å²) in [4.78, 5) is 16.0. The van der Waals surface area contributed by atoms with Gasteiger partial charge in [-0.2, -0.15) is 5.10 Å². The summed E-state index contributed by atoms with van der Waals surface area (Å²) in [5.74, 6) is 0.526. The Labute approximate surface area is 108 Å². The number of aromatic nitrogens is 2. The van der Waals surface area contributed by atoms with E-state index in [0.29, 0.717) is 5.82 Å². The van der Waals surface area contributed by atoms with Gasteiger partial charge in [-0.3, -0.25) is 9.48 Å². The molecule has 0 saturated carbocycles. The second-order valence-corrected chi connectivity index (χ2v) is 4.57. The standard InChI is InChI=1S/C12H23N5O/c1-4-16(8-5-7-15(2)3)12(18)10-17-9-6-11(13)14-17/h6,9H,4-5,7-8,10H2,1-3H3,(H2,13,14). The number of carbonyl (C=O) groups is 1. The Morgan fingerprint density at radius 2 is 2.17 bits per heavy atom. The molecule has 1 aromatic rings. The number of nitrogens with zero attached hydrogens (tertiary/aromatic N) is 4. The average molecular weight is 253 g/mol. The largest absolute Gasteiger partial charge is 0.382 e. The highest BCUT2D eigenvalue weighted by atomic mass is 16.2. The van der Waals surface area contributed by atoms with Crippen LogP contribution in [0.25, 0.3) is 0 Å². The van der Waals surface area contributed by atoms with Gasteiger partial charge in [-0.05, 0) is 40.1 Å². The van der Waals surface area contributed by atoms with Crippen LogP contribution in [0.1, 0.15) is 13.3 Å². The molecule has 18 heavy (non-hydrogen) atoms. The van der Waals surface area contributed by atoms with Gasteiger partial charge in [0, 0.05) is 19.3 Å². The van der Waals surface area contributed by atoms with Crippen LogP contribution in [0.5, 0.6) is 0 Å². The molecule has 2 N–H and O–H groups in total. The highest BCUT2D eigenvalue weighted by Gasteiger charge is 2.12. The summed E-state index contributed by atoms with van der Waals surface area (Å²) in [5, 5.41) is 4.01. The topological polar surface area (TPSA) is 67.4 Å². The number of nitrogens with two attached hydrogens (primary N) is 1. The Bertz CT molecular complexity index is 374. The number of amides is 1. The van der Waals surface area contributed by atoms with E-state index in [0.717, 1.165) is 26.1 Å². The quantitative estimate of drug-likeness (QED) is 0.757. The Morgan fingerprint density at radius 1 is 1.44 bits per heavy atom. The van der Waals surface area contributed by atoms with Crippen LogP contribution in [0.2, 0.25) is 0 Å². The predicted molar refractivity (Wildman–Crippen MR) is 72.1 cm³/mol. The van der Waals surface area contributed by atoms with Gasteiger partial charge < -0.3 is 15.5 Å². The van der Waals surface area contributed by atoms with E-state index in [1.165, 1.54) is 0 Å². The molecule has 1 aromatic heterocycles. The van der Waals surface area contributed by atoms with Crippen molar-refractivity contribution in [1.29, 1.82) is 0 Å². The molecule has 0 atom stereocenters. The summed E-state index contributed by atoms with van der Waals surface area (Å²) < 4.78 is 1.58. The van der Waals surface area contributed by atoms with Gasteiger partial charge in [0.05, 0.1) is 0 Å². The summed E-state index contributed by atoms with van der Waals surface area (Å²) in [6, 6.07) is 1.69. The van der Waals surface area contributed by atoms with Crippen molar-refractivity contribution in [3.8, 4) is 0 Å². The summed E-state index contributed by atoms with van der Waals surface area (Å²) >= 11 is 0. The van der Waals surface area contributed by atoms with Gasteiger partial charge in [0.25, 0.3) is 0 Å². The molecule has 0 aliphatic heterocycles. The summed E-state index contributed by atoms with van der Waals surface area (Å²) in [5.41, 5.74) is 5.51. The van der Waals surface area contributed by atoms with Crippen LogP contribution in [-0.4, -0.2) is 59.2 Å². The van der Waals surface area contributed by atoms with E-state index in [1.807, 2.05) is 25.9 Å². The third-order valence-corrected chi connectivity index (χ3v) is 2.73. The number of rotatable bonds is 7. The van der Waals surface area contributed by atoms with E-state index in [1.54, 1.807) is 16.9 Å². The maximum Gasteiger partial charge on any atom is 0.244 e. The second-order valence-electron chi connectivity index (χ2n) is 4.57. The molecule has 6 heteroatoms. The van der Waals surface area contributed by atoms with Gasteiger partial charge in [-0.25, -0.2) is 0 Å². The molecular formula is C12H23N5O. The third-order valence-electron chi connectivity index (χ3n) is 2.73. The molecule has 0 radical (unpaired) electrons. The molecule has 0 aromatic carbocycles. The zero-order valence-electron chi connectivity index (χ0n) is 11.5. The van der Waals surface area contributed by atoms with Crippen LogP contribution < -0.4 is 5.73 Å². The van der Waals surface area contributed by atoms with Crippen molar-refractivity contribution in [2.24, 2.45) is 0 Å². The monoisotopic (exact) mass is 253 g/mol. The fourth-order valence-electron chi connectivity index (χ4n) is 1.74. The Morgan fingerprint density at radius 3 is 2.67 bits per heavy atom. The number of hydrogen-bond donors (Lipinski definition) is 1. The maximum atomic E-state index is 12.0. The first kappa shape index (κ1) is 14.5. The highest BCUT2D eigenvalue weighted by Crippen LogP contribution is 1.99. The van der Waals surface area contributed by atoms with E-state index in [2.05, 4.69) is 10.00 Å². The molecule has 1 heterocycles. The zero-order chi connectivity index (χ0) is 13.5. The molecule has 0 fully saturated rings. The van der Waals surface area contributed by atoms with Crippen molar-refractivity contribution >= 4 is 11.7 Å². The molecule has 0 saturated heterocycles. The Balaban J connectivity index is 2.41. The first-order chi connectivity index (χ1) is 8.52. The van der Waals surface area contributed by atoms with Crippen molar-refractivity contribution < 1.29 is 4.79 Å². The molecule has 6 nitrogen and oxygen atoms in total. The van der Waals surface area contributed by atoms with Crippen molar-refractivity contribution in [3.05, 3.63) is 12.3 Å². The first-order valence-corrected chi connectivity index (χ1v) is 6.24. The molecule has 1 amide bonds. The molecule has 0 unspecified atom stereocenters. The Hall–Kier alpha value is -1.56. The second kappa shape index (κ2) is 7.00. The molecule has 0 bridgehead atoms. The minimum Gasteiger partial charge on any atom is -0.382 e. The number of nitrogen functional groups attached to an aromatic ring is 1. The van der Waals surface area contributed by atoms with Crippen molar-refractivity contribution in [2.75, 3.05) is 39.5 Å². The first-order valence-electron chi connectivity index (χ1n) is 6.24. The van der Waals surface area contributed by atoms with Crippen LogP contribution >= 0.6 is 0 Å². The van der Waals surface area contributed by atoms with Crippen LogP contribution in [0.3, 0.4) is 0 Å². The minimum absolute atomic E-state index is 0.0827. The lowest BCUT2D eigenvalue weighted by Crippen LogP contribution is -2.35. The fraction of sp³-hybridized carbons (Fsp3) is 0.667. The normalized spacial score (nSPS) is 10.9. The SMILES string of the molecule is CCN(CCCN(C)C)C(=O)Cn1ccc(N)n1. The average Bonchev–Trinajstić information content (AvgIpc) is 2.69. The third kappa shape index (κ3) is 4.75. The fourth-order valence-corrected chi connectivity index (χ4v) is 1.74. The predicted octanol–water partition coefficient (Wildman–Crippen LogP) is 0.266. The molecule has 0 aliphatic carbocycles. The molecule has 0 spiro atoms. The van der Waals surface area contributed by atoms with Crippen molar-refractivity contribution in [1.82, 2.24) is 19.6 Å². The van der Waals surface area contributed by atoms with E-state index < -0.39 is 0 Å². The molecule has 102 valence electrons. The lowest BCUT2D eigenvalue weighted by molar-refractivity contribution is -0.131. The number of carbonyl (C=O) groups excluding carboxylic acids is 1. The van der Waals surface area contributed by atoms with Crippen LogP contribution in [0.4, 0.5) is 5.82 Å². The molecule has 1 rings (SSSR count). The minimum atomic E-state index is 0.0827. The van der Waals surface area contributed by atoms with E-state index in [4.69, 9.17) is 5.73 Å². The number of hydrogen-bond acceptors (Lipinski definition) is 4. The lowest BCUT2D eigenvalue weighted by atomic mass is 10.3. The highest BCUT2D eigenvalue weighted by molar-refractivity contribution is 5.75. The van der Waals surface area contributed by atoms with Gasteiger partial charge in [0.15, 0.2) is 0 Å².